The van der Waals surface area contributed by atoms with Gasteiger partial charge in [-0.15, -0.1) is 0 Å². The van der Waals surface area contributed by atoms with E-state index < -0.39 is 5.54 Å². The standard InChI is InChI=1S/C24H36N2O2/c1-7-14-26-16-21(23(4)12-13-23)24(5,25(6)22(26)28)19-11-10-18(20(27)15-19)9-8-17(2)3/h10-11,15-17,27H,7-9,12-14H2,1-6H3. The Morgan fingerprint density at radius 3 is 2.43 bits per heavy atom. The summed E-state index contributed by atoms with van der Waals surface area (Å²) in [5.41, 5.74) is 2.85. The number of phenolic OH excluding ortho intramolecular Hbond substituents is 1. The Balaban J connectivity index is 2.03. The largest absolute Gasteiger partial charge is 0.508 e. The molecule has 1 saturated carbocycles. The lowest BCUT2D eigenvalue weighted by molar-refractivity contribution is 0.116. The fourth-order valence-electron chi connectivity index (χ4n) is 4.37. The maximum Gasteiger partial charge on any atom is 0.324 e. The number of amides is 2. The van der Waals surface area contributed by atoms with Crippen molar-refractivity contribution in [1.29, 1.82) is 0 Å². The van der Waals surface area contributed by atoms with Gasteiger partial charge in [-0.2, -0.15) is 0 Å². The van der Waals surface area contributed by atoms with Crippen LogP contribution in [0.1, 0.15) is 71.4 Å². The van der Waals surface area contributed by atoms with Crippen LogP contribution in [0, 0.1) is 11.3 Å². The molecule has 4 heteroatoms. The lowest BCUT2D eigenvalue weighted by atomic mass is 9.74. The first kappa shape index (κ1) is 20.8. The maximum absolute atomic E-state index is 13.1. The number of hydrogen-bond donors (Lipinski definition) is 1. The van der Waals surface area contributed by atoms with E-state index >= 15 is 0 Å². The number of carbonyl (C=O) groups is 1. The number of aryl methyl sites for hydroxylation is 1. The van der Waals surface area contributed by atoms with Gasteiger partial charge in [0.25, 0.3) is 0 Å². The van der Waals surface area contributed by atoms with Gasteiger partial charge in [0.15, 0.2) is 0 Å². The first-order chi connectivity index (χ1) is 13.1. The molecule has 1 aliphatic carbocycles. The molecular weight excluding hydrogens is 348 g/mol. The smallest absolute Gasteiger partial charge is 0.324 e. The Bertz CT molecular complexity index is 779. The number of phenols is 1. The molecule has 154 valence electrons. The summed E-state index contributed by atoms with van der Waals surface area (Å²) in [6.45, 7) is 11.7. The van der Waals surface area contributed by atoms with Crippen LogP contribution >= 0.6 is 0 Å². The van der Waals surface area contributed by atoms with E-state index in [0.29, 0.717) is 11.7 Å². The second kappa shape index (κ2) is 7.46. The van der Waals surface area contributed by atoms with Gasteiger partial charge < -0.3 is 14.9 Å². The van der Waals surface area contributed by atoms with Crippen molar-refractivity contribution in [3.8, 4) is 5.75 Å². The van der Waals surface area contributed by atoms with Crippen LogP contribution in [0.3, 0.4) is 0 Å². The van der Waals surface area contributed by atoms with Crippen molar-refractivity contribution >= 4 is 6.03 Å². The molecule has 1 atom stereocenters. The number of rotatable bonds is 7. The van der Waals surface area contributed by atoms with Crippen molar-refractivity contribution in [1.82, 2.24) is 9.80 Å². The summed E-state index contributed by atoms with van der Waals surface area (Å²) in [7, 11) is 1.90. The number of nitrogens with zero attached hydrogens (tertiary/aromatic N) is 2. The molecule has 2 amide bonds. The Hall–Kier alpha value is -1.97. The highest BCUT2D eigenvalue weighted by atomic mass is 16.3. The van der Waals surface area contributed by atoms with Gasteiger partial charge in [0.2, 0.25) is 0 Å². The zero-order valence-electron chi connectivity index (χ0n) is 18.4. The minimum absolute atomic E-state index is 0.0284. The molecule has 1 fully saturated rings. The van der Waals surface area contributed by atoms with E-state index in [0.717, 1.165) is 49.8 Å². The Kier molecular flexibility index (Phi) is 5.53. The van der Waals surface area contributed by atoms with Crippen molar-refractivity contribution in [2.24, 2.45) is 11.3 Å². The molecule has 1 heterocycles. The monoisotopic (exact) mass is 384 g/mol. The number of likely N-dealkylation sites (N-methyl/N-ethyl adjacent to an activating group) is 1. The average molecular weight is 385 g/mol. The molecule has 1 aliphatic heterocycles. The summed E-state index contributed by atoms with van der Waals surface area (Å²) in [6.07, 6.45) is 7.26. The third-order valence-corrected chi connectivity index (χ3v) is 6.77. The van der Waals surface area contributed by atoms with Crippen molar-refractivity contribution in [2.45, 2.75) is 72.3 Å². The molecule has 0 saturated heterocycles. The third kappa shape index (κ3) is 3.54. The van der Waals surface area contributed by atoms with E-state index in [-0.39, 0.29) is 11.4 Å². The normalized spacial score (nSPS) is 24.0. The summed E-state index contributed by atoms with van der Waals surface area (Å²) in [6, 6.07) is 6.06. The molecule has 0 spiro atoms. The average Bonchev–Trinajstić information content (AvgIpc) is 3.39. The van der Waals surface area contributed by atoms with E-state index in [1.54, 1.807) is 0 Å². The topological polar surface area (TPSA) is 43.8 Å². The first-order valence-corrected chi connectivity index (χ1v) is 10.7. The van der Waals surface area contributed by atoms with Gasteiger partial charge in [0, 0.05) is 19.8 Å². The Morgan fingerprint density at radius 2 is 1.89 bits per heavy atom. The highest BCUT2D eigenvalue weighted by Gasteiger charge is 2.54. The highest BCUT2D eigenvalue weighted by molar-refractivity contribution is 5.79. The zero-order valence-corrected chi connectivity index (χ0v) is 18.4. The van der Waals surface area contributed by atoms with Crippen LogP contribution < -0.4 is 0 Å². The molecular formula is C24H36N2O2. The predicted molar refractivity (Wildman–Crippen MR) is 114 cm³/mol. The molecule has 3 rings (SSSR count). The quantitative estimate of drug-likeness (QED) is 0.659. The van der Waals surface area contributed by atoms with Gasteiger partial charge in [-0.3, -0.25) is 0 Å². The molecule has 0 bridgehead atoms. The van der Waals surface area contributed by atoms with Gasteiger partial charge in [0.05, 0.1) is 5.54 Å². The summed E-state index contributed by atoms with van der Waals surface area (Å²) >= 11 is 0. The molecule has 1 aromatic carbocycles. The molecule has 4 nitrogen and oxygen atoms in total. The molecule has 0 aromatic heterocycles. The van der Waals surface area contributed by atoms with Gasteiger partial charge in [-0.25, -0.2) is 4.79 Å². The maximum atomic E-state index is 13.1. The van der Waals surface area contributed by atoms with Crippen LogP contribution in [0.5, 0.6) is 5.75 Å². The molecule has 1 aromatic rings. The summed E-state index contributed by atoms with van der Waals surface area (Å²) in [5, 5.41) is 10.7. The molecule has 1 N–H and O–H groups in total. The minimum Gasteiger partial charge on any atom is -0.508 e. The SMILES string of the molecule is CCCN1C=C(C2(C)CC2)C(C)(c2ccc(CCC(C)C)c(O)c2)N(C)C1=O. The van der Waals surface area contributed by atoms with Gasteiger partial charge in [-0.05, 0) is 73.1 Å². The Morgan fingerprint density at radius 1 is 1.21 bits per heavy atom. The van der Waals surface area contributed by atoms with E-state index in [1.807, 2.05) is 29.0 Å². The lowest BCUT2D eigenvalue weighted by Gasteiger charge is -2.49. The second-order valence-corrected chi connectivity index (χ2v) is 9.49. The van der Waals surface area contributed by atoms with Crippen molar-refractivity contribution in [2.75, 3.05) is 13.6 Å². The molecule has 28 heavy (non-hydrogen) atoms. The first-order valence-electron chi connectivity index (χ1n) is 10.7. The van der Waals surface area contributed by atoms with Crippen LogP contribution in [-0.4, -0.2) is 34.5 Å². The van der Waals surface area contributed by atoms with Gasteiger partial charge >= 0.3 is 6.03 Å². The summed E-state index contributed by atoms with van der Waals surface area (Å²) in [4.78, 5) is 16.8. The number of hydrogen-bond acceptors (Lipinski definition) is 2. The lowest BCUT2D eigenvalue weighted by Crippen LogP contribution is -2.56. The van der Waals surface area contributed by atoms with Crippen molar-refractivity contribution < 1.29 is 9.90 Å². The molecule has 2 aliphatic rings. The number of urea groups is 1. The number of carbonyl (C=O) groups excluding carboxylic acids is 1. The minimum atomic E-state index is -0.541. The van der Waals surface area contributed by atoms with E-state index in [9.17, 15) is 9.90 Å². The number of aromatic hydroxyl groups is 1. The number of benzene rings is 1. The van der Waals surface area contributed by atoms with Gasteiger partial charge in [-0.1, -0.05) is 39.8 Å². The fourth-order valence-corrected chi connectivity index (χ4v) is 4.37. The van der Waals surface area contributed by atoms with Crippen LogP contribution in [0.4, 0.5) is 4.79 Å². The van der Waals surface area contributed by atoms with E-state index in [1.165, 1.54) is 5.57 Å². The van der Waals surface area contributed by atoms with E-state index in [2.05, 4.69) is 46.9 Å². The molecule has 1 unspecified atom stereocenters. The van der Waals surface area contributed by atoms with Crippen molar-refractivity contribution in [3.63, 3.8) is 0 Å². The van der Waals surface area contributed by atoms with Crippen molar-refractivity contribution in [3.05, 3.63) is 41.1 Å². The molecule has 0 radical (unpaired) electrons. The summed E-state index contributed by atoms with van der Waals surface area (Å²) < 4.78 is 0. The Labute approximate surface area is 170 Å². The van der Waals surface area contributed by atoms with Crippen LogP contribution in [0.25, 0.3) is 0 Å². The second-order valence-electron chi connectivity index (χ2n) is 9.49. The van der Waals surface area contributed by atoms with Crippen LogP contribution in [-0.2, 0) is 12.0 Å². The van der Waals surface area contributed by atoms with Crippen LogP contribution in [0.2, 0.25) is 0 Å². The van der Waals surface area contributed by atoms with Gasteiger partial charge in [0.1, 0.15) is 5.75 Å². The third-order valence-electron chi connectivity index (χ3n) is 6.77. The highest BCUT2D eigenvalue weighted by Crippen LogP contribution is 2.59. The van der Waals surface area contributed by atoms with E-state index in [4.69, 9.17) is 0 Å². The van der Waals surface area contributed by atoms with Crippen LogP contribution in [0.15, 0.2) is 30.0 Å². The predicted octanol–water partition coefficient (Wildman–Crippen LogP) is 5.66. The fraction of sp³-hybridized carbons (Fsp3) is 0.625. The summed E-state index contributed by atoms with van der Waals surface area (Å²) in [5.74, 6) is 0.948. The zero-order chi connectivity index (χ0) is 20.7.